The Kier molecular flexibility index (Phi) is 5.76. The lowest BCUT2D eigenvalue weighted by atomic mass is 9.70. The second-order valence-electron chi connectivity index (χ2n) is 6.58. The Morgan fingerprint density at radius 1 is 1.50 bits per heavy atom. The van der Waals surface area contributed by atoms with Gasteiger partial charge in [0.1, 0.15) is 5.82 Å². The Morgan fingerprint density at radius 3 is 2.77 bits per heavy atom. The van der Waals surface area contributed by atoms with Gasteiger partial charge in [-0.05, 0) is 44.7 Å². The van der Waals surface area contributed by atoms with Crippen molar-refractivity contribution in [3.8, 4) is 0 Å². The topological polar surface area (TPSA) is 38.0 Å². The molecule has 1 aromatic rings. The monoisotopic (exact) mass is 304 g/mol. The molecule has 1 fully saturated rings. The highest BCUT2D eigenvalue weighted by molar-refractivity contribution is 5.35. The van der Waals surface area contributed by atoms with Gasteiger partial charge in [0.05, 0.1) is 5.54 Å². The Bertz CT molecular complexity index is 530. The summed E-state index contributed by atoms with van der Waals surface area (Å²) in [5, 5.41) is 3.67. The molecular formula is C19H29FN2. The van der Waals surface area contributed by atoms with Crippen LogP contribution in [-0.4, -0.2) is 12.6 Å². The summed E-state index contributed by atoms with van der Waals surface area (Å²) >= 11 is 0. The largest absolute Gasteiger partial charge is 0.327 e. The maximum absolute atomic E-state index is 14.5. The Labute approximate surface area is 134 Å². The average molecular weight is 304 g/mol. The molecule has 1 aliphatic heterocycles. The molecule has 3 N–H and O–H groups in total. The van der Waals surface area contributed by atoms with E-state index in [1.807, 2.05) is 26.0 Å². The van der Waals surface area contributed by atoms with Gasteiger partial charge in [0, 0.05) is 18.2 Å². The fourth-order valence-electron chi connectivity index (χ4n) is 3.51. The maximum atomic E-state index is 14.5. The summed E-state index contributed by atoms with van der Waals surface area (Å²) in [4.78, 5) is 0. The molecule has 0 aliphatic carbocycles. The van der Waals surface area contributed by atoms with Gasteiger partial charge in [-0.1, -0.05) is 43.5 Å². The molecule has 22 heavy (non-hydrogen) atoms. The summed E-state index contributed by atoms with van der Waals surface area (Å²) in [5.41, 5.74) is 8.49. The number of benzene rings is 1. The number of nitrogens with one attached hydrogen (secondary N) is 1. The van der Waals surface area contributed by atoms with Crippen molar-refractivity contribution >= 4 is 0 Å². The molecule has 1 heterocycles. The third-order valence-corrected chi connectivity index (χ3v) is 4.82. The van der Waals surface area contributed by atoms with Gasteiger partial charge < -0.3 is 11.1 Å². The van der Waals surface area contributed by atoms with Gasteiger partial charge in [-0.3, -0.25) is 0 Å². The molecule has 2 unspecified atom stereocenters. The highest BCUT2D eigenvalue weighted by atomic mass is 19.1. The number of aryl methyl sites for hydroxylation is 1. The van der Waals surface area contributed by atoms with Crippen molar-refractivity contribution in [3.05, 3.63) is 46.8 Å². The Morgan fingerprint density at radius 2 is 2.23 bits per heavy atom. The number of allylic oxidation sites excluding steroid dienone is 1. The molecule has 122 valence electrons. The standard InChI is InChI=1S/C19H29FN2/c1-4-6-7-16-12-19(22-16,11-15(5-2)13-21)17-9-8-14(3)10-18(17)20/h5,8-10,16,22H,4,6-7,11-13,21H2,1-3H3/b15-5+. The molecule has 0 saturated carbocycles. The normalized spacial score (nSPS) is 25.1. The molecule has 0 bridgehead atoms. The van der Waals surface area contributed by atoms with Gasteiger partial charge in [0.2, 0.25) is 0 Å². The van der Waals surface area contributed by atoms with Crippen LogP contribution in [0.25, 0.3) is 0 Å². The predicted molar refractivity (Wildman–Crippen MR) is 91.3 cm³/mol. The van der Waals surface area contributed by atoms with Gasteiger partial charge in [0.25, 0.3) is 0 Å². The first-order chi connectivity index (χ1) is 10.5. The van der Waals surface area contributed by atoms with Crippen molar-refractivity contribution in [1.82, 2.24) is 5.32 Å². The molecule has 2 atom stereocenters. The molecule has 2 rings (SSSR count). The molecule has 0 radical (unpaired) electrons. The van der Waals surface area contributed by atoms with Crippen molar-refractivity contribution in [2.75, 3.05) is 6.54 Å². The van der Waals surface area contributed by atoms with E-state index in [1.165, 1.54) is 24.8 Å². The highest BCUT2D eigenvalue weighted by Crippen LogP contribution is 2.43. The van der Waals surface area contributed by atoms with E-state index in [0.29, 0.717) is 12.6 Å². The zero-order valence-corrected chi connectivity index (χ0v) is 14.1. The van der Waals surface area contributed by atoms with Gasteiger partial charge in [-0.25, -0.2) is 4.39 Å². The van der Waals surface area contributed by atoms with Crippen LogP contribution in [0, 0.1) is 12.7 Å². The smallest absolute Gasteiger partial charge is 0.128 e. The first kappa shape index (κ1) is 17.2. The van der Waals surface area contributed by atoms with Crippen molar-refractivity contribution < 1.29 is 4.39 Å². The minimum atomic E-state index is -0.280. The molecule has 0 spiro atoms. The van der Waals surface area contributed by atoms with E-state index in [0.717, 1.165) is 24.0 Å². The first-order valence-corrected chi connectivity index (χ1v) is 8.43. The SMILES string of the molecule is C/C=C(/CN)CC1(c2ccc(C)cc2F)CC(CCCC)N1. The van der Waals surface area contributed by atoms with Crippen LogP contribution in [0.5, 0.6) is 0 Å². The molecule has 2 nitrogen and oxygen atoms in total. The zero-order valence-electron chi connectivity index (χ0n) is 14.1. The number of halogens is 1. The van der Waals surface area contributed by atoms with Gasteiger partial charge in [0.15, 0.2) is 0 Å². The van der Waals surface area contributed by atoms with E-state index >= 15 is 0 Å². The summed E-state index contributed by atoms with van der Waals surface area (Å²) in [5.74, 6) is -0.103. The van der Waals surface area contributed by atoms with Crippen LogP contribution in [0.15, 0.2) is 29.8 Å². The fraction of sp³-hybridized carbons (Fsp3) is 0.579. The van der Waals surface area contributed by atoms with E-state index < -0.39 is 0 Å². The molecule has 1 aliphatic rings. The molecule has 3 heteroatoms. The maximum Gasteiger partial charge on any atom is 0.128 e. The van der Waals surface area contributed by atoms with E-state index in [9.17, 15) is 4.39 Å². The van der Waals surface area contributed by atoms with Crippen molar-refractivity contribution in [3.63, 3.8) is 0 Å². The van der Waals surface area contributed by atoms with Crippen LogP contribution < -0.4 is 11.1 Å². The minimum Gasteiger partial charge on any atom is -0.327 e. The third-order valence-electron chi connectivity index (χ3n) is 4.82. The minimum absolute atomic E-state index is 0.103. The summed E-state index contributed by atoms with van der Waals surface area (Å²) in [6.07, 6.45) is 7.44. The Hall–Kier alpha value is -1.19. The lowest BCUT2D eigenvalue weighted by molar-refractivity contribution is 0.119. The molecular weight excluding hydrogens is 275 g/mol. The fourth-order valence-corrected chi connectivity index (χ4v) is 3.51. The number of hydrogen-bond acceptors (Lipinski definition) is 2. The van der Waals surface area contributed by atoms with Gasteiger partial charge in [-0.2, -0.15) is 0 Å². The third kappa shape index (κ3) is 3.58. The number of hydrogen-bond donors (Lipinski definition) is 2. The Balaban J connectivity index is 2.23. The summed E-state index contributed by atoms with van der Waals surface area (Å²) in [7, 11) is 0. The quantitative estimate of drug-likeness (QED) is 0.742. The molecule has 1 saturated heterocycles. The number of rotatable bonds is 7. The zero-order chi connectivity index (χ0) is 16.2. The summed E-state index contributed by atoms with van der Waals surface area (Å²) in [6, 6.07) is 6.07. The number of unbranched alkanes of at least 4 members (excludes halogenated alkanes) is 1. The van der Waals surface area contributed by atoms with Crippen molar-refractivity contribution in [1.29, 1.82) is 0 Å². The first-order valence-electron chi connectivity index (χ1n) is 8.43. The van der Waals surface area contributed by atoms with Gasteiger partial charge >= 0.3 is 0 Å². The van der Waals surface area contributed by atoms with Crippen LogP contribution in [0.1, 0.15) is 57.1 Å². The van der Waals surface area contributed by atoms with Crippen molar-refractivity contribution in [2.24, 2.45) is 5.73 Å². The second-order valence-corrected chi connectivity index (χ2v) is 6.58. The van der Waals surface area contributed by atoms with E-state index in [-0.39, 0.29) is 11.4 Å². The van der Waals surface area contributed by atoms with Crippen LogP contribution in [0.3, 0.4) is 0 Å². The summed E-state index contributed by atoms with van der Waals surface area (Å²) in [6.45, 7) is 6.68. The second kappa shape index (κ2) is 7.38. The lowest BCUT2D eigenvalue weighted by Gasteiger charge is -2.51. The van der Waals surface area contributed by atoms with Crippen LogP contribution in [-0.2, 0) is 5.54 Å². The average Bonchev–Trinajstić information content (AvgIpc) is 2.46. The lowest BCUT2D eigenvalue weighted by Crippen LogP contribution is -2.61. The van der Waals surface area contributed by atoms with Crippen LogP contribution >= 0.6 is 0 Å². The van der Waals surface area contributed by atoms with E-state index in [2.05, 4.69) is 18.3 Å². The number of nitrogens with two attached hydrogens (primary N) is 1. The van der Waals surface area contributed by atoms with Gasteiger partial charge in [-0.15, -0.1) is 0 Å². The predicted octanol–water partition coefficient (Wildman–Crippen LogP) is 4.18. The molecule has 1 aromatic carbocycles. The van der Waals surface area contributed by atoms with Crippen molar-refractivity contribution in [2.45, 2.75) is 64.5 Å². The highest BCUT2D eigenvalue weighted by Gasteiger charge is 2.45. The molecule has 0 aromatic heterocycles. The van der Waals surface area contributed by atoms with Crippen LogP contribution in [0.2, 0.25) is 0 Å². The molecule has 0 amide bonds. The van der Waals surface area contributed by atoms with E-state index in [1.54, 1.807) is 6.07 Å². The van der Waals surface area contributed by atoms with E-state index in [4.69, 9.17) is 5.73 Å². The van der Waals surface area contributed by atoms with Crippen LogP contribution in [0.4, 0.5) is 4.39 Å². The summed E-state index contributed by atoms with van der Waals surface area (Å²) < 4.78 is 14.5.